The molecule has 36 heavy (non-hydrogen) atoms. The van der Waals surface area contributed by atoms with E-state index in [2.05, 4.69) is 32.5 Å². The lowest BCUT2D eigenvalue weighted by atomic mass is 10.2. The number of urea groups is 1. The number of hydrogen-bond acceptors (Lipinski definition) is 8. The Morgan fingerprint density at radius 2 is 1.83 bits per heavy atom. The van der Waals surface area contributed by atoms with Gasteiger partial charge in [0.15, 0.2) is 0 Å². The van der Waals surface area contributed by atoms with Crippen LogP contribution >= 0.6 is 23.2 Å². The van der Waals surface area contributed by atoms with Crippen molar-refractivity contribution in [1.82, 2.24) is 9.97 Å². The second kappa shape index (κ2) is 11.8. The molecule has 2 amide bonds. The maximum atomic E-state index is 14.5. The summed E-state index contributed by atoms with van der Waals surface area (Å²) < 4.78 is 25.0. The summed E-state index contributed by atoms with van der Waals surface area (Å²) >= 11 is 12.7. The lowest BCUT2D eigenvalue weighted by molar-refractivity contribution is 0.253. The molecule has 3 rings (SSSR count). The molecule has 0 saturated carbocycles. The molecule has 190 valence electrons. The molecule has 0 aliphatic heterocycles. The number of nitrogens with one attached hydrogen (secondary N) is 3. The SMILES string of the molecule is C=CC(O)Nc1cccc(F)c1Nc1cc(N(C)C(=O)Nc2c(Cl)c(OC)cc(OC)c2Cl)ncn1. The number of nitrogens with zero attached hydrogens (tertiary/aromatic N) is 3. The average molecular weight is 537 g/mol. The predicted octanol–water partition coefficient (Wildman–Crippen LogP) is 5.27. The van der Waals surface area contributed by atoms with Gasteiger partial charge >= 0.3 is 6.03 Å². The first-order chi connectivity index (χ1) is 17.2. The molecule has 1 heterocycles. The van der Waals surface area contributed by atoms with E-state index in [0.29, 0.717) is 0 Å². The Morgan fingerprint density at radius 1 is 1.17 bits per heavy atom. The first kappa shape index (κ1) is 26.8. The second-order valence-electron chi connectivity index (χ2n) is 7.15. The quantitative estimate of drug-likeness (QED) is 0.215. The van der Waals surface area contributed by atoms with Gasteiger partial charge in [-0.1, -0.05) is 35.8 Å². The van der Waals surface area contributed by atoms with Crippen molar-refractivity contribution >= 4 is 57.9 Å². The van der Waals surface area contributed by atoms with E-state index in [-0.39, 0.29) is 50.2 Å². The van der Waals surface area contributed by atoms with Gasteiger partial charge in [0.1, 0.15) is 51.6 Å². The molecular formula is C23H23Cl2FN6O4. The van der Waals surface area contributed by atoms with E-state index in [0.717, 1.165) is 0 Å². The molecule has 1 atom stereocenters. The van der Waals surface area contributed by atoms with Gasteiger partial charge in [0.2, 0.25) is 0 Å². The molecule has 0 fully saturated rings. The van der Waals surface area contributed by atoms with E-state index >= 15 is 0 Å². The Morgan fingerprint density at radius 3 is 2.44 bits per heavy atom. The van der Waals surface area contributed by atoms with Crippen LogP contribution in [0.15, 0.2) is 49.3 Å². The number of methoxy groups -OCH3 is 2. The van der Waals surface area contributed by atoms with Gasteiger partial charge in [0.25, 0.3) is 0 Å². The summed E-state index contributed by atoms with van der Waals surface area (Å²) in [6.45, 7) is 3.48. The van der Waals surface area contributed by atoms with Crippen LogP contribution < -0.4 is 30.3 Å². The summed E-state index contributed by atoms with van der Waals surface area (Å²) in [4.78, 5) is 22.3. The average Bonchev–Trinajstić information content (AvgIpc) is 2.88. The van der Waals surface area contributed by atoms with Crippen LogP contribution in [0.3, 0.4) is 0 Å². The first-order valence-electron chi connectivity index (χ1n) is 10.3. The maximum absolute atomic E-state index is 14.5. The normalized spacial score (nSPS) is 11.3. The number of anilines is 5. The van der Waals surface area contributed by atoms with Crippen molar-refractivity contribution in [2.24, 2.45) is 0 Å². The van der Waals surface area contributed by atoms with Crippen LogP contribution in [0.25, 0.3) is 0 Å². The highest BCUT2D eigenvalue weighted by Gasteiger charge is 2.22. The monoisotopic (exact) mass is 536 g/mol. The summed E-state index contributed by atoms with van der Waals surface area (Å²) in [6, 6.07) is 6.56. The second-order valence-corrected chi connectivity index (χ2v) is 7.90. The fourth-order valence-corrected chi connectivity index (χ4v) is 3.60. The summed E-state index contributed by atoms with van der Waals surface area (Å²) in [5.74, 6) is 0.253. The minimum absolute atomic E-state index is 0.0252. The molecule has 2 aromatic carbocycles. The summed E-state index contributed by atoms with van der Waals surface area (Å²) in [5, 5.41) is 18.1. The van der Waals surface area contributed by atoms with Gasteiger partial charge in [-0.3, -0.25) is 4.90 Å². The van der Waals surface area contributed by atoms with E-state index in [1.54, 1.807) is 6.07 Å². The highest BCUT2D eigenvalue weighted by atomic mass is 35.5. The molecule has 0 radical (unpaired) electrons. The first-order valence-corrected chi connectivity index (χ1v) is 11.0. The van der Waals surface area contributed by atoms with Gasteiger partial charge < -0.3 is 30.5 Å². The number of benzene rings is 2. The molecule has 10 nitrogen and oxygen atoms in total. The Balaban J connectivity index is 1.86. The van der Waals surface area contributed by atoms with Crippen molar-refractivity contribution < 1.29 is 23.8 Å². The van der Waals surface area contributed by atoms with Crippen LogP contribution in [0, 0.1) is 5.82 Å². The van der Waals surface area contributed by atoms with Gasteiger partial charge in [-0.25, -0.2) is 19.2 Å². The van der Waals surface area contributed by atoms with Crippen LogP contribution in [0.2, 0.25) is 10.0 Å². The molecule has 1 unspecified atom stereocenters. The highest BCUT2D eigenvalue weighted by molar-refractivity contribution is 6.41. The van der Waals surface area contributed by atoms with Crippen molar-refractivity contribution in [3.63, 3.8) is 0 Å². The Bertz CT molecular complexity index is 1250. The van der Waals surface area contributed by atoms with E-state index in [9.17, 15) is 14.3 Å². The largest absolute Gasteiger partial charge is 0.495 e. The van der Waals surface area contributed by atoms with Gasteiger partial charge in [0, 0.05) is 19.2 Å². The molecule has 13 heteroatoms. The number of hydrogen-bond donors (Lipinski definition) is 4. The maximum Gasteiger partial charge on any atom is 0.327 e. The van der Waals surface area contributed by atoms with Crippen molar-refractivity contribution in [2.45, 2.75) is 6.23 Å². The minimum Gasteiger partial charge on any atom is -0.495 e. The smallest absolute Gasteiger partial charge is 0.327 e. The number of ether oxygens (including phenoxy) is 2. The van der Waals surface area contributed by atoms with Crippen LogP contribution in [0.5, 0.6) is 11.5 Å². The van der Waals surface area contributed by atoms with Crippen LogP contribution in [0.1, 0.15) is 0 Å². The molecule has 0 bridgehead atoms. The van der Waals surface area contributed by atoms with Crippen molar-refractivity contribution in [2.75, 3.05) is 42.1 Å². The number of amides is 2. The third kappa shape index (κ3) is 5.88. The highest BCUT2D eigenvalue weighted by Crippen LogP contribution is 2.44. The zero-order valence-corrected chi connectivity index (χ0v) is 21.0. The predicted molar refractivity (Wildman–Crippen MR) is 139 cm³/mol. The molecule has 3 aromatic rings. The number of carbonyl (C=O) groups is 1. The summed E-state index contributed by atoms with van der Waals surface area (Å²) in [7, 11) is 4.28. The number of aliphatic hydroxyl groups excluding tert-OH is 1. The zero-order valence-electron chi connectivity index (χ0n) is 19.5. The van der Waals surface area contributed by atoms with E-state index < -0.39 is 18.1 Å². The van der Waals surface area contributed by atoms with E-state index in [1.165, 1.54) is 62.8 Å². The Hall–Kier alpha value is -3.80. The summed E-state index contributed by atoms with van der Waals surface area (Å²) in [5.41, 5.74) is 0.378. The standard InChI is InChI=1S/C23H23Cl2FN6O4/c1-5-18(33)29-13-8-6-7-12(26)21(13)30-16-10-17(28-11-27-16)32(2)23(34)31-22-19(24)14(35-3)9-15(36-4)20(22)25/h5-11,18,29,33H,1H2,2-4H3,(H,31,34)(H,27,28,30). The van der Waals surface area contributed by atoms with Gasteiger partial charge in [0.05, 0.1) is 31.3 Å². The number of rotatable bonds is 9. The molecule has 1 aromatic heterocycles. The molecule has 0 spiro atoms. The number of para-hydroxylation sites is 1. The number of aromatic nitrogens is 2. The summed E-state index contributed by atoms with van der Waals surface area (Å²) in [6.07, 6.45) is 1.35. The zero-order chi connectivity index (χ0) is 26.4. The third-order valence-electron chi connectivity index (χ3n) is 4.90. The lowest BCUT2D eigenvalue weighted by Crippen LogP contribution is -2.32. The Kier molecular flexibility index (Phi) is 8.75. The van der Waals surface area contributed by atoms with Crippen molar-refractivity contribution in [3.05, 3.63) is 65.2 Å². The minimum atomic E-state index is -1.10. The van der Waals surface area contributed by atoms with E-state index in [4.69, 9.17) is 32.7 Å². The topological polar surface area (TPSA) is 121 Å². The molecule has 0 saturated heterocycles. The van der Waals surface area contributed by atoms with E-state index in [1.807, 2.05) is 0 Å². The van der Waals surface area contributed by atoms with Crippen molar-refractivity contribution in [3.8, 4) is 11.5 Å². The fourth-order valence-electron chi connectivity index (χ4n) is 3.01. The molecular weight excluding hydrogens is 514 g/mol. The number of aliphatic hydroxyl groups is 1. The lowest BCUT2D eigenvalue weighted by Gasteiger charge is -2.20. The van der Waals surface area contributed by atoms with Crippen LogP contribution in [-0.2, 0) is 0 Å². The number of halogens is 3. The van der Waals surface area contributed by atoms with Crippen molar-refractivity contribution in [1.29, 1.82) is 0 Å². The third-order valence-corrected chi connectivity index (χ3v) is 5.65. The molecule has 4 N–H and O–H groups in total. The van der Waals surface area contributed by atoms with Gasteiger partial charge in [-0.15, -0.1) is 0 Å². The molecule has 0 aliphatic carbocycles. The van der Waals surface area contributed by atoms with Gasteiger partial charge in [-0.05, 0) is 18.2 Å². The Labute approximate surface area is 216 Å². The van der Waals surface area contributed by atoms with Gasteiger partial charge in [-0.2, -0.15) is 0 Å². The number of carbonyl (C=O) groups excluding carboxylic acids is 1. The fraction of sp³-hybridized carbons (Fsp3) is 0.174. The van der Waals surface area contributed by atoms with Crippen LogP contribution in [-0.4, -0.2) is 48.6 Å². The molecule has 0 aliphatic rings. The van der Waals surface area contributed by atoms with Crippen LogP contribution in [0.4, 0.5) is 37.9 Å².